The van der Waals surface area contributed by atoms with Crippen molar-refractivity contribution in [3.8, 4) is 0 Å². The highest BCUT2D eigenvalue weighted by atomic mass is 32.2. The van der Waals surface area contributed by atoms with E-state index in [-0.39, 0.29) is 23.4 Å². The first-order valence-electron chi connectivity index (χ1n) is 5.20. The fourth-order valence-electron chi connectivity index (χ4n) is 1.41. The number of halogens is 1. The number of carbonyl (C=O) groups is 1. The van der Waals surface area contributed by atoms with E-state index in [1.807, 2.05) is 0 Å². The summed E-state index contributed by atoms with van der Waals surface area (Å²) in [6.45, 7) is 1.21. The van der Waals surface area contributed by atoms with Crippen LogP contribution in [0.2, 0.25) is 0 Å². The maximum absolute atomic E-state index is 13.3. The zero-order valence-electron chi connectivity index (χ0n) is 10.1. The van der Waals surface area contributed by atoms with E-state index in [9.17, 15) is 17.6 Å². The molecular weight excluding hydrogens is 261 g/mol. The lowest BCUT2D eigenvalue weighted by molar-refractivity contribution is -0.137. The Hall–Kier alpha value is -1.47. The summed E-state index contributed by atoms with van der Waals surface area (Å²) < 4.78 is 38.4. The first-order chi connectivity index (χ1) is 8.26. The smallest absolute Gasteiger partial charge is 0.304 e. The summed E-state index contributed by atoms with van der Waals surface area (Å²) in [4.78, 5) is 10.3. The molecule has 7 heteroatoms. The molecule has 0 radical (unpaired) electrons. The Bertz CT molecular complexity index is 556. The van der Waals surface area contributed by atoms with Crippen LogP contribution >= 0.6 is 0 Å². The minimum Gasteiger partial charge on any atom is -0.481 e. The van der Waals surface area contributed by atoms with Crippen molar-refractivity contribution in [1.82, 2.24) is 4.31 Å². The Labute approximate surface area is 105 Å². The van der Waals surface area contributed by atoms with E-state index in [2.05, 4.69) is 0 Å². The molecule has 1 aromatic rings. The number of hydrogen-bond donors (Lipinski definition) is 1. The van der Waals surface area contributed by atoms with Crippen LogP contribution in [0.3, 0.4) is 0 Å². The number of carboxylic acid groups (broad SMARTS) is 1. The highest BCUT2D eigenvalue weighted by Crippen LogP contribution is 2.20. The highest BCUT2D eigenvalue weighted by Gasteiger charge is 2.24. The van der Waals surface area contributed by atoms with Gasteiger partial charge < -0.3 is 5.11 Å². The number of nitrogens with zero attached hydrogens (tertiary/aromatic N) is 1. The van der Waals surface area contributed by atoms with E-state index >= 15 is 0 Å². The molecule has 0 saturated heterocycles. The fraction of sp³-hybridized carbons (Fsp3) is 0.364. The van der Waals surface area contributed by atoms with Gasteiger partial charge in [0.25, 0.3) is 0 Å². The van der Waals surface area contributed by atoms with Crippen LogP contribution < -0.4 is 0 Å². The van der Waals surface area contributed by atoms with Gasteiger partial charge in [-0.2, -0.15) is 0 Å². The fourth-order valence-corrected chi connectivity index (χ4v) is 2.81. The molecule has 0 heterocycles. The number of aliphatic carboxylic acids is 1. The molecule has 18 heavy (non-hydrogen) atoms. The quantitative estimate of drug-likeness (QED) is 0.877. The maximum atomic E-state index is 13.3. The van der Waals surface area contributed by atoms with Crippen molar-refractivity contribution in [3.63, 3.8) is 0 Å². The maximum Gasteiger partial charge on any atom is 0.304 e. The van der Waals surface area contributed by atoms with E-state index in [0.717, 1.165) is 4.31 Å². The van der Waals surface area contributed by atoms with Crippen LogP contribution in [0.5, 0.6) is 0 Å². The van der Waals surface area contributed by atoms with Gasteiger partial charge in [0.1, 0.15) is 5.82 Å². The minimum absolute atomic E-state index is 0.0275. The van der Waals surface area contributed by atoms with Gasteiger partial charge in [0.05, 0.1) is 11.3 Å². The molecular formula is C11H14FNO4S. The average molecular weight is 275 g/mol. The Morgan fingerprint density at radius 2 is 2.06 bits per heavy atom. The molecule has 1 aromatic carbocycles. The monoisotopic (exact) mass is 275 g/mol. The van der Waals surface area contributed by atoms with Gasteiger partial charge in [0.15, 0.2) is 0 Å². The van der Waals surface area contributed by atoms with Crippen LogP contribution in [0, 0.1) is 12.7 Å². The third-order valence-corrected chi connectivity index (χ3v) is 4.55. The van der Waals surface area contributed by atoms with Crippen molar-refractivity contribution >= 4 is 16.0 Å². The van der Waals surface area contributed by atoms with Gasteiger partial charge in [-0.15, -0.1) is 0 Å². The van der Waals surface area contributed by atoms with Crippen LogP contribution in [0.15, 0.2) is 23.1 Å². The summed E-state index contributed by atoms with van der Waals surface area (Å²) >= 11 is 0. The Kier molecular flexibility index (Phi) is 4.42. The molecule has 0 unspecified atom stereocenters. The predicted molar refractivity (Wildman–Crippen MR) is 63.2 cm³/mol. The van der Waals surface area contributed by atoms with Gasteiger partial charge in [-0.05, 0) is 19.1 Å². The predicted octanol–water partition coefficient (Wildman–Crippen LogP) is 1.23. The normalized spacial score (nSPS) is 11.8. The first kappa shape index (κ1) is 14.6. The van der Waals surface area contributed by atoms with Crippen molar-refractivity contribution in [2.24, 2.45) is 0 Å². The summed E-state index contributed by atoms with van der Waals surface area (Å²) in [6.07, 6.45) is -0.301. The molecule has 100 valence electrons. The SMILES string of the molecule is Cc1c(F)cccc1S(=O)(=O)N(C)CCC(=O)O. The Balaban J connectivity index is 3.06. The van der Waals surface area contributed by atoms with Gasteiger partial charge in [0, 0.05) is 19.2 Å². The second kappa shape index (κ2) is 5.45. The van der Waals surface area contributed by atoms with Gasteiger partial charge in [-0.3, -0.25) is 4.79 Å². The Morgan fingerprint density at radius 1 is 1.44 bits per heavy atom. The van der Waals surface area contributed by atoms with Crippen molar-refractivity contribution in [3.05, 3.63) is 29.6 Å². The van der Waals surface area contributed by atoms with Gasteiger partial charge >= 0.3 is 5.97 Å². The van der Waals surface area contributed by atoms with E-state index in [4.69, 9.17) is 5.11 Å². The van der Waals surface area contributed by atoms with Crippen LogP contribution in [0.1, 0.15) is 12.0 Å². The van der Waals surface area contributed by atoms with Crippen LogP contribution in [-0.4, -0.2) is 37.4 Å². The highest BCUT2D eigenvalue weighted by molar-refractivity contribution is 7.89. The summed E-state index contributed by atoms with van der Waals surface area (Å²) in [5.41, 5.74) is 0.0275. The van der Waals surface area contributed by atoms with Crippen LogP contribution in [-0.2, 0) is 14.8 Å². The molecule has 0 atom stereocenters. The number of hydrogen-bond acceptors (Lipinski definition) is 3. The van der Waals surface area contributed by atoms with E-state index in [1.54, 1.807) is 0 Å². The second-order valence-electron chi connectivity index (χ2n) is 3.83. The largest absolute Gasteiger partial charge is 0.481 e. The second-order valence-corrected chi connectivity index (χ2v) is 5.85. The molecule has 0 fully saturated rings. The molecule has 1 rings (SSSR count). The summed E-state index contributed by atoms with van der Waals surface area (Å²) in [5, 5.41) is 8.52. The Morgan fingerprint density at radius 3 is 2.61 bits per heavy atom. The van der Waals surface area contributed by atoms with Gasteiger partial charge in [0.2, 0.25) is 10.0 Å². The van der Waals surface area contributed by atoms with E-state index < -0.39 is 21.8 Å². The van der Waals surface area contributed by atoms with Crippen molar-refractivity contribution in [2.45, 2.75) is 18.2 Å². The molecule has 0 aliphatic heterocycles. The van der Waals surface area contributed by atoms with Crippen LogP contribution in [0.25, 0.3) is 0 Å². The topological polar surface area (TPSA) is 74.7 Å². The minimum atomic E-state index is -3.86. The van der Waals surface area contributed by atoms with Crippen molar-refractivity contribution < 1.29 is 22.7 Å². The van der Waals surface area contributed by atoms with Crippen molar-refractivity contribution in [2.75, 3.05) is 13.6 Å². The summed E-state index contributed by atoms with van der Waals surface area (Å²) in [7, 11) is -2.59. The average Bonchev–Trinajstić information content (AvgIpc) is 2.29. The molecule has 0 aliphatic rings. The molecule has 0 aromatic heterocycles. The molecule has 0 aliphatic carbocycles. The number of carboxylic acids is 1. The van der Waals surface area contributed by atoms with E-state index in [1.165, 1.54) is 32.2 Å². The number of rotatable bonds is 5. The number of sulfonamides is 1. The van der Waals surface area contributed by atoms with Gasteiger partial charge in [-0.25, -0.2) is 17.1 Å². The van der Waals surface area contributed by atoms with Gasteiger partial charge in [-0.1, -0.05) is 6.07 Å². The first-order valence-corrected chi connectivity index (χ1v) is 6.64. The lowest BCUT2D eigenvalue weighted by Crippen LogP contribution is -2.29. The lowest BCUT2D eigenvalue weighted by Gasteiger charge is -2.17. The summed E-state index contributed by atoms with van der Waals surface area (Å²) in [6, 6.07) is 3.77. The van der Waals surface area contributed by atoms with Crippen molar-refractivity contribution in [1.29, 1.82) is 0 Å². The standard InChI is InChI=1S/C11H14FNO4S/c1-8-9(12)4-3-5-10(8)18(16,17)13(2)7-6-11(14)15/h3-5H,6-7H2,1-2H3,(H,14,15). The molecule has 0 bridgehead atoms. The molecule has 5 nitrogen and oxygen atoms in total. The van der Waals surface area contributed by atoms with E-state index in [0.29, 0.717) is 0 Å². The summed E-state index contributed by atoms with van der Waals surface area (Å²) in [5.74, 6) is -1.70. The number of benzene rings is 1. The third-order valence-electron chi connectivity index (χ3n) is 2.55. The molecule has 0 amide bonds. The molecule has 0 saturated carbocycles. The molecule has 0 spiro atoms. The zero-order valence-corrected chi connectivity index (χ0v) is 10.9. The van der Waals surface area contributed by atoms with Crippen LogP contribution in [0.4, 0.5) is 4.39 Å². The third kappa shape index (κ3) is 3.05. The zero-order chi connectivity index (χ0) is 13.9. The molecule has 1 N–H and O–H groups in total. The lowest BCUT2D eigenvalue weighted by atomic mass is 10.2.